The second-order valence-corrected chi connectivity index (χ2v) is 9.74. The smallest absolute Gasteiger partial charge is 0.266 e. The first-order valence-electron chi connectivity index (χ1n) is 11.1. The molecule has 1 amide bonds. The highest BCUT2D eigenvalue weighted by Crippen LogP contribution is 2.23. The Labute approximate surface area is 200 Å². The molecule has 1 N–H and O–H groups in total. The van der Waals surface area contributed by atoms with Gasteiger partial charge in [0.1, 0.15) is 17.4 Å². The molecule has 2 aromatic rings. The minimum absolute atomic E-state index is 0.107. The summed E-state index contributed by atoms with van der Waals surface area (Å²) < 4.78 is 32.9. The van der Waals surface area contributed by atoms with Gasteiger partial charge in [0.05, 0.1) is 17.6 Å². The molecule has 3 rings (SSSR count). The average molecular weight is 479 g/mol. The van der Waals surface area contributed by atoms with Crippen LogP contribution in [0.5, 0.6) is 5.75 Å². The van der Waals surface area contributed by atoms with Crippen LogP contribution in [0.25, 0.3) is 6.08 Å². The molecule has 0 atom stereocenters. The van der Waals surface area contributed by atoms with Gasteiger partial charge in [-0.3, -0.25) is 4.79 Å². The Morgan fingerprint density at radius 2 is 1.85 bits per heavy atom. The van der Waals surface area contributed by atoms with E-state index in [4.69, 9.17) is 10.00 Å². The predicted octanol–water partition coefficient (Wildman–Crippen LogP) is 4.09. The van der Waals surface area contributed by atoms with E-state index in [0.29, 0.717) is 49.5 Å². The van der Waals surface area contributed by atoms with E-state index >= 15 is 0 Å². The first kappa shape index (κ1) is 25.0. The summed E-state index contributed by atoms with van der Waals surface area (Å²) in [4.78, 5) is 12.8. The number of rotatable bonds is 9. The summed E-state index contributed by atoms with van der Waals surface area (Å²) in [5.74, 6) is -0.0737. The average Bonchev–Trinajstić information content (AvgIpc) is 2.86. The van der Waals surface area contributed by atoms with E-state index < -0.39 is 15.9 Å². The fourth-order valence-electron chi connectivity index (χ4n) is 3.54. The monoisotopic (exact) mass is 478 g/mol. The van der Waals surface area contributed by atoms with E-state index in [1.165, 1.54) is 22.5 Å². The second kappa shape index (κ2) is 12.0. The highest BCUT2D eigenvalue weighted by molar-refractivity contribution is 7.89. The van der Waals surface area contributed by atoms with Crippen LogP contribution in [0.4, 0.5) is 5.69 Å². The van der Waals surface area contributed by atoms with Crippen molar-refractivity contribution in [2.75, 3.05) is 25.0 Å². The fourth-order valence-corrected chi connectivity index (χ4v) is 5.10. The van der Waals surface area contributed by atoms with Gasteiger partial charge in [-0.25, -0.2) is 8.42 Å². The van der Waals surface area contributed by atoms with E-state index in [-0.39, 0.29) is 10.5 Å². The van der Waals surface area contributed by atoms with Crippen LogP contribution < -0.4 is 10.1 Å². The third-order valence-corrected chi connectivity index (χ3v) is 7.18. The first-order valence-corrected chi connectivity index (χ1v) is 12.5. The standard InChI is InChI=1S/C25H26N4O4S/c26-12-2-5-15-33-23-10-6-8-20(17-23)16-21(19-27)25(30)28-22-9-7-11-24(18-22)34(31,32)29-13-3-1-4-14-29/h6-11,16-18H,1-5,13-15H2,(H,28,30)/b21-16-. The van der Waals surface area contributed by atoms with Gasteiger partial charge in [0.25, 0.3) is 5.91 Å². The van der Waals surface area contributed by atoms with E-state index in [9.17, 15) is 18.5 Å². The highest BCUT2D eigenvalue weighted by Gasteiger charge is 2.26. The van der Waals surface area contributed by atoms with Crippen molar-refractivity contribution in [2.45, 2.75) is 37.0 Å². The Hall–Kier alpha value is -3.66. The number of carbonyl (C=O) groups is 1. The number of anilines is 1. The molecule has 0 unspecified atom stereocenters. The molecule has 1 saturated heterocycles. The topological polar surface area (TPSA) is 123 Å². The van der Waals surface area contributed by atoms with Gasteiger partial charge < -0.3 is 10.1 Å². The number of ether oxygens (including phenoxy) is 1. The molecule has 34 heavy (non-hydrogen) atoms. The molecule has 1 aliphatic heterocycles. The number of hydrogen-bond donors (Lipinski definition) is 1. The summed E-state index contributed by atoms with van der Waals surface area (Å²) >= 11 is 0. The van der Waals surface area contributed by atoms with Crippen molar-refractivity contribution in [1.29, 1.82) is 10.5 Å². The quantitative estimate of drug-likeness (QED) is 0.329. The van der Waals surface area contributed by atoms with Gasteiger partial charge in [0.2, 0.25) is 10.0 Å². The number of carbonyl (C=O) groups excluding carboxylic acids is 1. The molecule has 2 aromatic carbocycles. The fraction of sp³-hybridized carbons (Fsp3) is 0.320. The van der Waals surface area contributed by atoms with Crippen molar-refractivity contribution >= 4 is 27.7 Å². The third kappa shape index (κ3) is 6.67. The van der Waals surface area contributed by atoms with Gasteiger partial charge >= 0.3 is 0 Å². The van der Waals surface area contributed by atoms with E-state index in [1.54, 1.807) is 36.4 Å². The molecule has 0 aromatic heterocycles. The maximum atomic E-state index is 12.9. The van der Waals surface area contributed by atoms with Crippen LogP contribution in [0.3, 0.4) is 0 Å². The highest BCUT2D eigenvalue weighted by atomic mass is 32.2. The number of nitrogens with one attached hydrogen (secondary N) is 1. The number of piperidine rings is 1. The molecular formula is C25H26N4O4S. The normalized spacial score (nSPS) is 14.6. The molecular weight excluding hydrogens is 452 g/mol. The van der Waals surface area contributed by atoms with Crippen LogP contribution in [-0.2, 0) is 14.8 Å². The molecule has 8 nitrogen and oxygen atoms in total. The van der Waals surface area contributed by atoms with E-state index in [0.717, 1.165) is 19.3 Å². The summed E-state index contributed by atoms with van der Waals surface area (Å²) in [6.07, 6.45) is 5.12. The number of sulfonamides is 1. The minimum atomic E-state index is -3.64. The van der Waals surface area contributed by atoms with Crippen molar-refractivity contribution in [3.63, 3.8) is 0 Å². The molecule has 0 bridgehead atoms. The minimum Gasteiger partial charge on any atom is -0.494 e. The molecule has 9 heteroatoms. The summed E-state index contributed by atoms with van der Waals surface area (Å²) in [5.41, 5.74) is 0.760. The zero-order valence-corrected chi connectivity index (χ0v) is 19.6. The van der Waals surface area contributed by atoms with Crippen molar-refractivity contribution in [3.05, 3.63) is 59.7 Å². The lowest BCUT2D eigenvalue weighted by Gasteiger charge is -2.26. The Balaban J connectivity index is 1.72. The molecule has 1 heterocycles. The molecule has 0 saturated carbocycles. The SMILES string of the molecule is N#CCCCOc1cccc(/C=C(/C#N)C(=O)Nc2cccc(S(=O)(=O)N3CCCCC3)c2)c1. The van der Waals surface area contributed by atoms with Crippen molar-refractivity contribution < 1.29 is 17.9 Å². The molecule has 1 fully saturated rings. The molecule has 1 aliphatic rings. The van der Waals surface area contributed by atoms with Crippen molar-refractivity contribution in [2.24, 2.45) is 0 Å². The molecule has 0 spiro atoms. The number of unbranched alkanes of at least 4 members (excludes halogenated alkanes) is 1. The Kier molecular flexibility index (Phi) is 8.80. The lowest BCUT2D eigenvalue weighted by Crippen LogP contribution is -2.35. The number of hydrogen-bond acceptors (Lipinski definition) is 6. The van der Waals surface area contributed by atoms with Crippen LogP contribution in [0, 0.1) is 22.7 Å². The van der Waals surface area contributed by atoms with Crippen LogP contribution in [0.1, 0.15) is 37.7 Å². The Bertz CT molecular complexity index is 1240. The zero-order chi connectivity index (χ0) is 24.4. The van der Waals surface area contributed by atoms with Crippen LogP contribution in [0.15, 0.2) is 59.0 Å². The van der Waals surface area contributed by atoms with Crippen LogP contribution in [0.2, 0.25) is 0 Å². The number of benzene rings is 2. The number of nitriles is 2. The molecule has 176 valence electrons. The van der Waals surface area contributed by atoms with Gasteiger partial charge in [-0.05, 0) is 61.2 Å². The maximum absolute atomic E-state index is 12.9. The third-order valence-electron chi connectivity index (χ3n) is 5.28. The van der Waals surface area contributed by atoms with E-state index in [2.05, 4.69) is 11.4 Å². The largest absolute Gasteiger partial charge is 0.494 e. The lowest BCUT2D eigenvalue weighted by atomic mass is 10.1. The Morgan fingerprint density at radius 1 is 1.09 bits per heavy atom. The van der Waals surface area contributed by atoms with E-state index in [1.807, 2.05) is 6.07 Å². The molecule has 0 aliphatic carbocycles. The number of nitrogens with zero attached hydrogens (tertiary/aromatic N) is 3. The van der Waals surface area contributed by atoms with Crippen molar-refractivity contribution in [3.8, 4) is 17.9 Å². The zero-order valence-electron chi connectivity index (χ0n) is 18.7. The summed E-state index contributed by atoms with van der Waals surface area (Å²) in [6, 6.07) is 16.9. The first-order chi connectivity index (χ1) is 16.4. The van der Waals surface area contributed by atoms with Gasteiger partial charge in [-0.1, -0.05) is 24.6 Å². The second-order valence-electron chi connectivity index (χ2n) is 7.80. The Morgan fingerprint density at radius 3 is 2.59 bits per heavy atom. The summed E-state index contributed by atoms with van der Waals surface area (Å²) in [7, 11) is -3.64. The van der Waals surface area contributed by atoms with Gasteiger partial charge in [0.15, 0.2) is 0 Å². The molecule has 0 radical (unpaired) electrons. The summed E-state index contributed by atoms with van der Waals surface area (Å²) in [5, 5.41) is 20.7. The van der Waals surface area contributed by atoms with Crippen LogP contribution in [-0.4, -0.2) is 38.3 Å². The lowest BCUT2D eigenvalue weighted by molar-refractivity contribution is -0.112. The van der Waals surface area contributed by atoms with Crippen molar-refractivity contribution in [1.82, 2.24) is 4.31 Å². The summed E-state index contributed by atoms with van der Waals surface area (Å²) in [6.45, 7) is 1.37. The van der Waals surface area contributed by atoms with Gasteiger partial charge in [-0.15, -0.1) is 0 Å². The number of amides is 1. The van der Waals surface area contributed by atoms with Gasteiger partial charge in [-0.2, -0.15) is 14.8 Å². The van der Waals surface area contributed by atoms with Gasteiger partial charge in [0, 0.05) is 25.2 Å². The predicted molar refractivity (Wildman–Crippen MR) is 128 cm³/mol. The van der Waals surface area contributed by atoms with Crippen LogP contribution >= 0.6 is 0 Å². The maximum Gasteiger partial charge on any atom is 0.266 e.